The molecule has 0 spiro atoms. The maximum atomic E-state index is 11.2. The molecule has 0 aliphatic carbocycles. The number of hydrogen-bond donors (Lipinski definition) is 0. The smallest absolute Gasteiger partial charge is 0.161 e. The fourth-order valence-corrected chi connectivity index (χ4v) is 1.86. The van der Waals surface area contributed by atoms with Crippen LogP contribution in [0.1, 0.15) is 34.0 Å². The maximum Gasteiger partial charge on any atom is 0.161 e. The van der Waals surface area contributed by atoms with Crippen LogP contribution in [-0.2, 0) is 6.54 Å². The minimum atomic E-state index is 0.115. The Labute approximate surface area is 102 Å². The standard InChI is InChI=1S/C15H17NO/c1-11-4-5-14(8-12(11)2)9-16-7-6-15(10-16)13(3)17/h4-8,10H,9H2,1-3H3. The Balaban J connectivity index is 2.19. The molecule has 2 nitrogen and oxygen atoms in total. The molecule has 17 heavy (non-hydrogen) atoms. The summed E-state index contributed by atoms with van der Waals surface area (Å²) in [6, 6.07) is 8.34. The predicted octanol–water partition coefficient (Wildman–Crippen LogP) is 3.36. The monoisotopic (exact) mass is 227 g/mol. The molecule has 0 aliphatic heterocycles. The van der Waals surface area contributed by atoms with E-state index in [2.05, 4.69) is 32.0 Å². The number of hydrogen-bond acceptors (Lipinski definition) is 1. The molecule has 2 aromatic rings. The van der Waals surface area contributed by atoms with Gasteiger partial charge in [-0.2, -0.15) is 0 Å². The third-order valence-corrected chi connectivity index (χ3v) is 3.09. The number of carbonyl (C=O) groups is 1. The van der Waals surface area contributed by atoms with Crippen molar-refractivity contribution < 1.29 is 4.79 Å². The Kier molecular flexibility index (Phi) is 3.14. The van der Waals surface area contributed by atoms with Crippen molar-refractivity contribution in [2.75, 3.05) is 0 Å². The van der Waals surface area contributed by atoms with Crippen LogP contribution in [0.5, 0.6) is 0 Å². The van der Waals surface area contributed by atoms with Gasteiger partial charge in [-0.3, -0.25) is 4.79 Å². The molecule has 0 radical (unpaired) electrons. The van der Waals surface area contributed by atoms with E-state index in [1.54, 1.807) is 6.92 Å². The van der Waals surface area contributed by atoms with Crippen molar-refractivity contribution in [2.45, 2.75) is 27.3 Å². The zero-order chi connectivity index (χ0) is 12.4. The Morgan fingerprint density at radius 2 is 1.94 bits per heavy atom. The molecule has 1 heterocycles. The van der Waals surface area contributed by atoms with Gasteiger partial charge in [-0.1, -0.05) is 18.2 Å². The van der Waals surface area contributed by atoms with Crippen molar-refractivity contribution in [1.82, 2.24) is 4.57 Å². The van der Waals surface area contributed by atoms with Crippen molar-refractivity contribution in [3.05, 3.63) is 58.9 Å². The first-order valence-electron chi connectivity index (χ1n) is 5.79. The van der Waals surface area contributed by atoms with Gasteiger partial charge in [0.15, 0.2) is 5.78 Å². The number of nitrogens with zero attached hydrogens (tertiary/aromatic N) is 1. The molecule has 1 aromatic carbocycles. The third kappa shape index (κ3) is 2.64. The Morgan fingerprint density at radius 3 is 2.53 bits per heavy atom. The normalized spacial score (nSPS) is 10.5. The van der Waals surface area contributed by atoms with Crippen LogP contribution < -0.4 is 0 Å². The van der Waals surface area contributed by atoms with Gasteiger partial charge in [0.1, 0.15) is 0 Å². The first-order valence-corrected chi connectivity index (χ1v) is 5.79. The van der Waals surface area contributed by atoms with E-state index in [9.17, 15) is 4.79 Å². The van der Waals surface area contributed by atoms with E-state index in [-0.39, 0.29) is 5.78 Å². The van der Waals surface area contributed by atoms with Crippen LogP contribution in [0.4, 0.5) is 0 Å². The lowest BCUT2D eigenvalue weighted by molar-refractivity contribution is 0.101. The van der Waals surface area contributed by atoms with Gasteiger partial charge in [0.2, 0.25) is 0 Å². The summed E-state index contributed by atoms with van der Waals surface area (Å²) in [6.07, 6.45) is 3.85. The molecule has 0 aliphatic rings. The van der Waals surface area contributed by atoms with Crippen LogP contribution in [0.25, 0.3) is 0 Å². The van der Waals surface area contributed by atoms with Crippen LogP contribution in [0, 0.1) is 13.8 Å². The van der Waals surface area contributed by atoms with Gasteiger partial charge in [0, 0.05) is 24.5 Å². The third-order valence-electron chi connectivity index (χ3n) is 3.09. The number of benzene rings is 1. The van der Waals surface area contributed by atoms with Crippen LogP contribution in [-0.4, -0.2) is 10.4 Å². The van der Waals surface area contributed by atoms with Crippen molar-refractivity contribution in [1.29, 1.82) is 0 Å². The first-order chi connectivity index (χ1) is 8.06. The molecule has 88 valence electrons. The summed E-state index contributed by atoms with van der Waals surface area (Å²) in [5.74, 6) is 0.115. The molecule has 0 amide bonds. The molecule has 0 atom stereocenters. The largest absolute Gasteiger partial charge is 0.349 e. The first kappa shape index (κ1) is 11.6. The lowest BCUT2D eigenvalue weighted by Crippen LogP contribution is -1.98. The van der Waals surface area contributed by atoms with Crippen molar-refractivity contribution in [3.63, 3.8) is 0 Å². The fraction of sp³-hybridized carbons (Fsp3) is 0.267. The maximum absolute atomic E-state index is 11.2. The van der Waals surface area contributed by atoms with Gasteiger partial charge < -0.3 is 4.57 Å². The fourth-order valence-electron chi connectivity index (χ4n) is 1.86. The lowest BCUT2D eigenvalue weighted by Gasteiger charge is -2.06. The molecule has 0 saturated carbocycles. The summed E-state index contributed by atoms with van der Waals surface area (Å²) in [5, 5.41) is 0. The average molecular weight is 227 g/mol. The highest BCUT2D eigenvalue weighted by atomic mass is 16.1. The highest BCUT2D eigenvalue weighted by Gasteiger charge is 2.02. The van der Waals surface area contributed by atoms with Crippen molar-refractivity contribution in [3.8, 4) is 0 Å². The molecular weight excluding hydrogens is 210 g/mol. The second-order valence-corrected chi connectivity index (χ2v) is 4.55. The number of aromatic nitrogens is 1. The second kappa shape index (κ2) is 4.58. The molecule has 0 bridgehead atoms. The summed E-state index contributed by atoms with van der Waals surface area (Å²) < 4.78 is 2.04. The Hall–Kier alpha value is -1.83. The van der Waals surface area contributed by atoms with Crippen LogP contribution in [0.15, 0.2) is 36.7 Å². The number of rotatable bonds is 3. The Morgan fingerprint density at radius 1 is 1.18 bits per heavy atom. The molecule has 2 rings (SSSR count). The van der Waals surface area contributed by atoms with Gasteiger partial charge >= 0.3 is 0 Å². The quantitative estimate of drug-likeness (QED) is 0.737. The van der Waals surface area contributed by atoms with Crippen molar-refractivity contribution >= 4 is 5.78 Å². The van der Waals surface area contributed by atoms with E-state index in [0.29, 0.717) is 0 Å². The van der Waals surface area contributed by atoms with E-state index >= 15 is 0 Å². The van der Waals surface area contributed by atoms with E-state index in [0.717, 1.165) is 12.1 Å². The Bertz CT molecular complexity index is 552. The summed E-state index contributed by atoms with van der Waals surface area (Å²) >= 11 is 0. The summed E-state index contributed by atoms with van der Waals surface area (Å²) in [4.78, 5) is 11.2. The number of carbonyl (C=O) groups excluding carboxylic acids is 1. The molecule has 2 heteroatoms. The summed E-state index contributed by atoms with van der Waals surface area (Å²) in [5.41, 5.74) is 4.65. The van der Waals surface area contributed by atoms with E-state index in [1.165, 1.54) is 16.7 Å². The number of ketones is 1. The van der Waals surface area contributed by atoms with E-state index < -0.39 is 0 Å². The molecule has 0 fully saturated rings. The predicted molar refractivity (Wildman–Crippen MR) is 69.5 cm³/mol. The van der Waals surface area contributed by atoms with Crippen LogP contribution in [0.3, 0.4) is 0 Å². The molecule has 1 aromatic heterocycles. The van der Waals surface area contributed by atoms with Crippen molar-refractivity contribution in [2.24, 2.45) is 0 Å². The number of Topliss-reactive ketones (excluding diaryl/α,β-unsaturated/α-hetero) is 1. The van der Waals surface area contributed by atoms with Gasteiger partial charge in [0.05, 0.1) is 0 Å². The number of aryl methyl sites for hydroxylation is 2. The van der Waals surface area contributed by atoms with Gasteiger partial charge in [-0.25, -0.2) is 0 Å². The molecule has 0 saturated heterocycles. The minimum Gasteiger partial charge on any atom is -0.349 e. The van der Waals surface area contributed by atoms with Crippen LogP contribution >= 0.6 is 0 Å². The average Bonchev–Trinajstić information content (AvgIpc) is 2.72. The van der Waals surface area contributed by atoms with E-state index in [1.807, 2.05) is 23.0 Å². The zero-order valence-electron chi connectivity index (χ0n) is 10.5. The van der Waals surface area contributed by atoms with Gasteiger partial charge in [0.25, 0.3) is 0 Å². The topological polar surface area (TPSA) is 22.0 Å². The minimum absolute atomic E-state index is 0.115. The van der Waals surface area contributed by atoms with Gasteiger partial charge in [-0.15, -0.1) is 0 Å². The molecule has 0 N–H and O–H groups in total. The highest BCUT2D eigenvalue weighted by Crippen LogP contribution is 2.12. The molecular formula is C15H17NO. The van der Waals surface area contributed by atoms with E-state index in [4.69, 9.17) is 0 Å². The lowest BCUT2D eigenvalue weighted by atomic mass is 10.1. The second-order valence-electron chi connectivity index (χ2n) is 4.55. The SMILES string of the molecule is CC(=O)c1ccn(Cc2ccc(C)c(C)c2)c1. The molecule has 0 unspecified atom stereocenters. The summed E-state index contributed by atoms with van der Waals surface area (Å²) in [7, 11) is 0. The van der Waals surface area contributed by atoms with Gasteiger partial charge in [-0.05, 0) is 43.5 Å². The van der Waals surface area contributed by atoms with Crippen LogP contribution in [0.2, 0.25) is 0 Å². The highest BCUT2D eigenvalue weighted by molar-refractivity contribution is 5.93. The summed E-state index contributed by atoms with van der Waals surface area (Å²) in [6.45, 7) is 6.64. The zero-order valence-corrected chi connectivity index (χ0v) is 10.5.